The molecular weight excluding hydrogens is 723 g/mol. The molecule has 0 bridgehead atoms. The minimum atomic E-state index is 0. The molecule has 242 valence electrons. The molecule has 1 aromatic heterocycles. The van der Waals surface area contributed by atoms with Gasteiger partial charge >= 0.3 is 0 Å². The van der Waals surface area contributed by atoms with Crippen LogP contribution in [0.25, 0.3) is 28.5 Å². The molecule has 8 rings (SSSR count). The molecule has 1 aliphatic rings. The van der Waals surface area contributed by atoms with Gasteiger partial charge in [-0.3, -0.25) is 9.80 Å². The Balaban J connectivity index is 0.00000392. The molecule has 0 radical (unpaired) electrons. The highest BCUT2D eigenvalue weighted by Crippen LogP contribution is 2.49. The van der Waals surface area contributed by atoms with Gasteiger partial charge in [0.2, 0.25) is 0 Å². The van der Waals surface area contributed by atoms with Crippen LogP contribution in [0.15, 0.2) is 212 Å². The third kappa shape index (κ3) is 6.31. The van der Waals surface area contributed by atoms with Gasteiger partial charge in [-0.2, -0.15) is 9.13 Å². The molecule has 4 nitrogen and oxygen atoms in total. The third-order valence-corrected chi connectivity index (χ3v) is 8.64. The summed E-state index contributed by atoms with van der Waals surface area (Å²) < 4.78 is 4.64. The van der Waals surface area contributed by atoms with Gasteiger partial charge in [0, 0.05) is 17.5 Å². The summed E-state index contributed by atoms with van der Waals surface area (Å²) in [5.41, 5.74) is 9.07. The number of halogens is 1. The predicted octanol–water partition coefficient (Wildman–Crippen LogP) is 7.87. The van der Waals surface area contributed by atoms with Crippen molar-refractivity contribution in [2.24, 2.45) is 0 Å². The fourth-order valence-corrected chi connectivity index (χ4v) is 6.55. The van der Waals surface area contributed by atoms with E-state index in [1.165, 1.54) is 0 Å². The van der Waals surface area contributed by atoms with Crippen molar-refractivity contribution in [3.8, 4) is 11.4 Å². The van der Waals surface area contributed by atoms with E-state index < -0.39 is 0 Å². The third-order valence-electron chi connectivity index (χ3n) is 8.64. The maximum Gasteiger partial charge on any atom is 0.292 e. The topological polar surface area (TPSA) is 15.3 Å². The second-order valence-electron chi connectivity index (χ2n) is 11.7. The minimum Gasteiger partial charge on any atom is -1.00 e. The lowest BCUT2D eigenvalue weighted by Gasteiger charge is -2.25. The van der Waals surface area contributed by atoms with E-state index >= 15 is 0 Å². The number of benzene rings is 6. The van der Waals surface area contributed by atoms with E-state index in [0.29, 0.717) is 0 Å². The second kappa shape index (κ2) is 15.1. The van der Waals surface area contributed by atoms with Gasteiger partial charge in [0.05, 0.1) is 11.4 Å². The molecule has 0 fully saturated rings. The van der Waals surface area contributed by atoms with Crippen LogP contribution < -0.4 is 38.3 Å². The van der Waals surface area contributed by atoms with Crippen molar-refractivity contribution < 1.29 is 28.5 Å². The molecule has 0 N–H and O–H groups in total. The van der Waals surface area contributed by atoms with E-state index in [0.717, 1.165) is 56.8 Å². The average molecular weight is 759 g/mol. The second-order valence-corrected chi connectivity index (χ2v) is 11.7. The molecule has 0 spiro atoms. The van der Waals surface area contributed by atoms with Crippen molar-refractivity contribution in [1.29, 1.82) is 0 Å². The standard InChI is InChI=1S/C45H35N4.HI/c1(2-16-34-44-46(36-22-8-4-9-23-36)40-30-18-19-31-41(40)47(44)37-24-10-5-11-25-37)3-17-35-45-48(38-26-12-6-13-27-38)42-32-20-21-33-43(42)49(45)39-28-14-7-15-29-39;/h1-35H;1H/q+1;/p-1. The Morgan fingerprint density at radius 2 is 0.880 bits per heavy atom. The van der Waals surface area contributed by atoms with Crippen LogP contribution in [0.3, 0.4) is 0 Å². The van der Waals surface area contributed by atoms with Gasteiger partial charge < -0.3 is 24.0 Å². The predicted molar refractivity (Wildman–Crippen MR) is 204 cm³/mol. The lowest BCUT2D eigenvalue weighted by molar-refractivity contribution is -0.570. The van der Waals surface area contributed by atoms with Crippen LogP contribution in [0.5, 0.6) is 0 Å². The number of para-hydroxylation sites is 8. The number of fused-ring (bicyclic) bond motifs is 2. The average Bonchev–Trinajstić information content (AvgIpc) is 3.68. The smallest absolute Gasteiger partial charge is 0.292 e. The van der Waals surface area contributed by atoms with Gasteiger partial charge in [-0.1, -0.05) is 127 Å². The van der Waals surface area contributed by atoms with Gasteiger partial charge in [-0.05, 0) is 78.9 Å². The highest BCUT2D eigenvalue weighted by atomic mass is 127. The molecule has 0 atom stereocenters. The van der Waals surface area contributed by atoms with Crippen LogP contribution in [-0.2, 0) is 0 Å². The molecule has 0 saturated heterocycles. The lowest BCUT2D eigenvalue weighted by atomic mass is 10.2. The highest BCUT2D eigenvalue weighted by molar-refractivity contribution is 5.93. The van der Waals surface area contributed by atoms with Crippen molar-refractivity contribution in [3.05, 3.63) is 218 Å². The number of nitrogens with zero attached hydrogens (tertiary/aromatic N) is 4. The highest BCUT2D eigenvalue weighted by Gasteiger charge is 2.32. The zero-order valence-corrected chi connectivity index (χ0v) is 29.5. The Hall–Kier alpha value is -5.92. The Kier molecular flexibility index (Phi) is 9.85. The first-order valence-electron chi connectivity index (χ1n) is 16.6. The summed E-state index contributed by atoms with van der Waals surface area (Å²) in [5.74, 6) is 2.13. The van der Waals surface area contributed by atoms with Crippen molar-refractivity contribution in [2.75, 3.05) is 9.80 Å². The maximum atomic E-state index is 2.32. The molecule has 6 aromatic carbocycles. The number of hydrogen-bond acceptors (Lipinski definition) is 2. The first-order valence-corrected chi connectivity index (χ1v) is 16.6. The van der Waals surface area contributed by atoms with Gasteiger partial charge in [-0.25, -0.2) is 0 Å². The van der Waals surface area contributed by atoms with E-state index in [2.05, 4.69) is 231 Å². The summed E-state index contributed by atoms with van der Waals surface area (Å²) >= 11 is 0. The Bertz CT molecular complexity index is 2180. The first-order chi connectivity index (χ1) is 24.4. The lowest BCUT2D eigenvalue weighted by Crippen LogP contribution is -3.00. The van der Waals surface area contributed by atoms with Crippen molar-refractivity contribution in [2.45, 2.75) is 0 Å². The summed E-state index contributed by atoms with van der Waals surface area (Å²) in [6.07, 6.45) is 14.9. The summed E-state index contributed by atoms with van der Waals surface area (Å²) in [7, 11) is 0. The van der Waals surface area contributed by atoms with E-state index in [1.54, 1.807) is 0 Å². The molecular formula is C45H35IN4. The monoisotopic (exact) mass is 758 g/mol. The summed E-state index contributed by atoms with van der Waals surface area (Å²) in [6.45, 7) is 0. The fourth-order valence-electron chi connectivity index (χ4n) is 6.55. The Morgan fingerprint density at radius 3 is 1.48 bits per heavy atom. The number of anilines is 4. The van der Waals surface area contributed by atoms with Gasteiger partial charge in [0.15, 0.2) is 11.0 Å². The van der Waals surface area contributed by atoms with Crippen molar-refractivity contribution in [3.63, 3.8) is 0 Å². The molecule has 5 heteroatoms. The largest absolute Gasteiger partial charge is 1.00 e. The van der Waals surface area contributed by atoms with Gasteiger partial charge in [0.1, 0.15) is 17.2 Å². The van der Waals surface area contributed by atoms with Gasteiger partial charge in [-0.15, -0.1) is 0 Å². The molecule has 0 saturated carbocycles. The summed E-state index contributed by atoms with van der Waals surface area (Å²) in [6, 6.07) is 59.3. The minimum absolute atomic E-state index is 0. The Morgan fingerprint density at radius 1 is 0.420 bits per heavy atom. The SMILES string of the molecule is C(/C=C/C=C/C=C/c1n(-c2ccccc2)c2ccccc2[n+]1-c1ccccc1)=C1N(c2ccccc2)c2ccccc2N1c1ccccc1.[I-]. The molecule has 0 aliphatic carbocycles. The fraction of sp³-hybridized carbons (Fsp3) is 0. The van der Waals surface area contributed by atoms with Crippen LogP contribution in [0, 0.1) is 0 Å². The molecule has 0 unspecified atom stereocenters. The van der Waals surface area contributed by atoms with E-state index in [9.17, 15) is 0 Å². The summed E-state index contributed by atoms with van der Waals surface area (Å²) in [4.78, 5) is 4.64. The van der Waals surface area contributed by atoms with Crippen LogP contribution >= 0.6 is 0 Å². The Labute approximate surface area is 310 Å². The number of allylic oxidation sites excluding steroid dienone is 6. The number of aromatic nitrogens is 2. The molecule has 7 aromatic rings. The maximum absolute atomic E-state index is 2.32. The molecule has 1 aliphatic heterocycles. The molecule has 2 heterocycles. The summed E-state index contributed by atoms with van der Waals surface area (Å²) in [5, 5.41) is 0. The van der Waals surface area contributed by atoms with Crippen LogP contribution in [0.4, 0.5) is 22.7 Å². The quantitative estimate of drug-likeness (QED) is 0.0892. The number of imidazole rings is 1. The van der Waals surface area contributed by atoms with E-state index in [-0.39, 0.29) is 24.0 Å². The van der Waals surface area contributed by atoms with Crippen LogP contribution in [0.1, 0.15) is 5.82 Å². The zero-order valence-electron chi connectivity index (χ0n) is 27.4. The van der Waals surface area contributed by atoms with Crippen LogP contribution in [-0.4, -0.2) is 4.57 Å². The molecule has 50 heavy (non-hydrogen) atoms. The van der Waals surface area contributed by atoms with Crippen molar-refractivity contribution in [1.82, 2.24) is 4.57 Å². The first kappa shape index (κ1) is 32.6. The number of rotatable bonds is 8. The normalized spacial score (nSPS) is 12.7. The van der Waals surface area contributed by atoms with E-state index in [4.69, 9.17) is 0 Å². The van der Waals surface area contributed by atoms with Gasteiger partial charge in [0.25, 0.3) is 5.82 Å². The van der Waals surface area contributed by atoms with E-state index in [1.807, 2.05) is 0 Å². The zero-order chi connectivity index (χ0) is 32.8. The number of hydrogen-bond donors (Lipinski definition) is 0. The van der Waals surface area contributed by atoms with Crippen LogP contribution in [0.2, 0.25) is 0 Å². The van der Waals surface area contributed by atoms with Crippen molar-refractivity contribution >= 4 is 39.9 Å². The molecule has 0 amide bonds.